The molecule has 1 saturated carbocycles. The number of carboxylic acids is 1. The number of ether oxygens (including phenoxy) is 1. The van der Waals surface area contributed by atoms with Gasteiger partial charge in [0.2, 0.25) is 0 Å². The summed E-state index contributed by atoms with van der Waals surface area (Å²) in [5.41, 5.74) is 2.85. The summed E-state index contributed by atoms with van der Waals surface area (Å²) in [4.78, 5) is 37.9. The van der Waals surface area contributed by atoms with Gasteiger partial charge in [-0.3, -0.25) is 4.79 Å². The molecular formula is C28H33NO5. The van der Waals surface area contributed by atoms with Crippen molar-refractivity contribution in [2.45, 2.75) is 51.5 Å². The fraction of sp³-hybridized carbons (Fsp3) is 0.393. The van der Waals surface area contributed by atoms with E-state index in [2.05, 4.69) is 0 Å². The van der Waals surface area contributed by atoms with Crippen LogP contribution in [0.3, 0.4) is 0 Å². The lowest BCUT2D eigenvalue weighted by atomic mass is 9.76. The average molecular weight is 464 g/mol. The number of hydrogen-bond acceptors (Lipinski definition) is 4. The molecule has 1 N–H and O–H groups in total. The molecule has 3 rings (SSSR count). The first-order chi connectivity index (χ1) is 16.5. The largest absolute Gasteiger partial charge is 0.478 e. The van der Waals surface area contributed by atoms with E-state index in [0.29, 0.717) is 19.0 Å². The standard InChI is InChI=1S/C28H33NO5/c1-2-34-28(33)27(32)29(19-22-9-5-3-6-10-22)20-25(23-11-7-4-8-12-23)24-16-13-21(14-17-24)15-18-26(30)31/h3,5-6,9-10,13-18,23,25H,2,4,7-8,11-12,19-20H2,1H3,(H,30,31). The molecule has 1 unspecified atom stereocenters. The number of carbonyl (C=O) groups excluding carboxylic acids is 2. The predicted molar refractivity (Wildman–Crippen MR) is 131 cm³/mol. The van der Waals surface area contributed by atoms with E-state index in [1.807, 2.05) is 54.6 Å². The van der Waals surface area contributed by atoms with Crippen molar-refractivity contribution in [1.29, 1.82) is 0 Å². The molecule has 1 aliphatic carbocycles. The van der Waals surface area contributed by atoms with Gasteiger partial charge in [0.1, 0.15) is 0 Å². The number of rotatable bonds is 9. The molecule has 1 amide bonds. The third-order valence-electron chi connectivity index (χ3n) is 6.37. The third-order valence-corrected chi connectivity index (χ3v) is 6.37. The average Bonchev–Trinajstić information content (AvgIpc) is 2.86. The molecule has 0 bridgehead atoms. The molecule has 0 heterocycles. The smallest absolute Gasteiger partial charge is 0.397 e. The van der Waals surface area contributed by atoms with Crippen LogP contribution in [0, 0.1) is 5.92 Å². The Balaban J connectivity index is 1.89. The van der Waals surface area contributed by atoms with E-state index >= 15 is 0 Å². The number of nitrogens with zero attached hydrogens (tertiary/aromatic N) is 1. The van der Waals surface area contributed by atoms with Crippen molar-refractivity contribution in [3.8, 4) is 0 Å². The summed E-state index contributed by atoms with van der Waals surface area (Å²) >= 11 is 0. The quantitative estimate of drug-likeness (QED) is 0.320. The van der Waals surface area contributed by atoms with E-state index in [1.54, 1.807) is 17.9 Å². The molecule has 0 aromatic heterocycles. The zero-order valence-corrected chi connectivity index (χ0v) is 19.7. The maximum atomic E-state index is 13.1. The summed E-state index contributed by atoms with van der Waals surface area (Å²) < 4.78 is 5.03. The van der Waals surface area contributed by atoms with Gasteiger partial charge in [-0.15, -0.1) is 0 Å². The molecule has 0 aliphatic heterocycles. The van der Waals surface area contributed by atoms with Crippen LogP contribution in [0.15, 0.2) is 60.7 Å². The van der Waals surface area contributed by atoms with Gasteiger partial charge in [-0.05, 0) is 48.4 Å². The Labute approximate surface area is 201 Å². The molecule has 1 aliphatic rings. The first-order valence-electron chi connectivity index (χ1n) is 12.0. The number of benzene rings is 2. The second-order valence-electron chi connectivity index (χ2n) is 8.73. The van der Waals surface area contributed by atoms with Gasteiger partial charge in [-0.25, -0.2) is 9.59 Å². The zero-order chi connectivity index (χ0) is 24.3. The minimum Gasteiger partial charge on any atom is -0.478 e. The van der Waals surface area contributed by atoms with Crippen molar-refractivity contribution in [3.63, 3.8) is 0 Å². The zero-order valence-electron chi connectivity index (χ0n) is 19.7. The predicted octanol–water partition coefficient (Wildman–Crippen LogP) is 5.04. The van der Waals surface area contributed by atoms with E-state index in [9.17, 15) is 14.4 Å². The highest BCUT2D eigenvalue weighted by molar-refractivity contribution is 6.32. The van der Waals surface area contributed by atoms with Crippen LogP contribution in [0.4, 0.5) is 0 Å². The lowest BCUT2D eigenvalue weighted by Crippen LogP contribution is -2.41. The molecule has 1 fully saturated rings. The minimum absolute atomic E-state index is 0.0693. The number of aliphatic carboxylic acids is 1. The van der Waals surface area contributed by atoms with Crippen molar-refractivity contribution in [3.05, 3.63) is 77.4 Å². The molecule has 34 heavy (non-hydrogen) atoms. The topological polar surface area (TPSA) is 83.9 Å². The van der Waals surface area contributed by atoms with Gasteiger partial charge < -0.3 is 14.7 Å². The van der Waals surface area contributed by atoms with E-state index in [0.717, 1.165) is 48.4 Å². The number of hydrogen-bond donors (Lipinski definition) is 1. The number of esters is 1. The van der Waals surface area contributed by atoms with Gasteiger partial charge in [0.15, 0.2) is 0 Å². The van der Waals surface area contributed by atoms with Crippen LogP contribution in [0.1, 0.15) is 61.6 Å². The Morgan fingerprint density at radius 1 is 1.03 bits per heavy atom. The first-order valence-corrected chi connectivity index (χ1v) is 12.0. The van der Waals surface area contributed by atoms with Crippen LogP contribution in [-0.4, -0.2) is 41.0 Å². The molecule has 1 atom stereocenters. The van der Waals surface area contributed by atoms with Crippen molar-refractivity contribution < 1.29 is 24.2 Å². The van der Waals surface area contributed by atoms with Gasteiger partial charge in [0.05, 0.1) is 6.61 Å². The molecule has 6 heteroatoms. The van der Waals surface area contributed by atoms with Crippen molar-refractivity contribution in [2.24, 2.45) is 5.92 Å². The number of amides is 1. The molecule has 0 radical (unpaired) electrons. The fourth-order valence-electron chi connectivity index (χ4n) is 4.67. The van der Waals surface area contributed by atoms with Crippen LogP contribution in [-0.2, 0) is 25.7 Å². The van der Waals surface area contributed by atoms with E-state index < -0.39 is 17.8 Å². The number of carboxylic acid groups (broad SMARTS) is 1. The van der Waals surface area contributed by atoms with Crippen LogP contribution in [0.5, 0.6) is 0 Å². The second kappa shape index (κ2) is 12.7. The lowest BCUT2D eigenvalue weighted by molar-refractivity contribution is -0.160. The maximum Gasteiger partial charge on any atom is 0.397 e. The molecule has 2 aromatic rings. The summed E-state index contributed by atoms with van der Waals surface area (Å²) in [5, 5.41) is 8.88. The van der Waals surface area contributed by atoms with Crippen molar-refractivity contribution >= 4 is 23.9 Å². The Bertz CT molecular complexity index is 978. The number of carbonyl (C=O) groups is 3. The highest BCUT2D eigenvalue weighted by atomic mass is 16.5. The van der Waals surface area contributed by atoms with Crippen LogP contribution < -0.4 is 0 Å². The molecule has 0 spiro atoms. The van der Waals surface area contributed by atoms with E-state index in [-0.39, 0.29) is 12.5 Å². The van der Waals surface area contributed by atoms with Crippen molar-refractivity contribution in [2.75, 3.05) is 13.2 Å². The van der Waals surface area contributed by atoms with Gasteiger partial charge in [-0.1, -0.05) is 73.9 Å². The molecule has 2 aromatic carbocycles. The van der Waals surface area contributed by atoms with Gasteiger partial charge in [-0.2, -0.15) is 0 Å². The van der Waals surface area contributed by atoms with E-state index in [4.69, 9.17) is 9.84 Å². The normalized spacial score (nSPS) is 15.1. The highest BCUT2D eigenvalue weighted by Crippen LogP contribution is 2.37. The SMILES string of the molecule is CCOC(=O)C(=O)N(Cc1ccccc1)CC(c1ccc(C=CC(=O)O)cc1)C1CCCCC1. The fourth-order valence-corrected chi connectivity index (χ4v) is 4.67. The summed E-state index contributed by atoms with van der Waals surface area (Å²) in [5.74, 6) is -1.96. The molecule has 6 nitrogen and oxygen atoms in total. The maximum absolute atomic E-state index is 13.1. The lowest BCUT2D eigenvalue weighted by Gasteiger charge is -2.34. The summed E-state index contributed by atoms with van der Waals surface area (Å²) in [6.07, 6.45) is 8.38. The molecule has 180 valence electrons. The van der Waals surface area contributed by atoms with Gasteiger partial charge in [0, 0.05) is 25.1 Å². The first kappa shape index (κ1) is 25.2. The van der Waals surface area contributed by atoms with Crippen LogP contribution in [0.2, 0.25) is 0 Å². The summed E-state index contributed by atoms with van der Waals surface area (Å²) in [6, 6.07) is 17.5. The van der Waals surface area contributed by atoms with Crippen LogP contribution >= 0.6 is 0 Å². The Kier molecular flexibility index (Phi) is 9.44. The van der Waals surface area contributed by atoms with Gasteiger partial charge >= 0.3 is 17.8 Å². The van der Waals surface area contributed by atoms with Crippen LogP contribution in [0.25, 0.3) is 6.08 Å². The monoisotopic (exact) mass is 463 g/mol. The van der Waals surface area contributed by atoms with E-state index in [1.165, 1.54) is 6.42 Å². The highest BCUT2D eigenvalue weighted by Gasteiger charge is 2.31. The van der Waals surface area contributed by atoms with Crippen molar-refractivity contribution in [1.82, 2.24) is 4.90 Å². The molecular weight excluding hydrogens is 430 g/mol. The second-order valence-corrected chi connectivity index (χ2v) is 8.73. The Hall–Kier alpha value is -3.41. The Morgan fingerprint density at radius 3 is 2.32 bits per heavy atom. The summed E-state index contributed by atoms with van der Waals surface area (Å²) in [7, 11) is 0. The summed E-state index contributed by atoms with van der Waals surface area (Å²) in [6.45, 7) is 2.60. The minimum atomic E-state index is -0.988. The van der Waals surface area contributed by atoms with Gasteiger partial charge in [0.25, 0.3) is 0 Å². The molecule has 0 saturated heterocycles. The third kappa shape index (κ3) is 7.30. The Morgan fingerprint density at radius 2 is 1.71 bits per heavy atom.